The fourth-order valence-electron chi connectivity index (χ4n) is 1.43. The molecule has 0 saturated heterocycles. The molecule has 0 bridgehead atoms. The van der Waals surface area contributed by atoms with E-state index in [2.05, 4.69) is 45.1 Å². The minimum Gasteiger partial charge on any atom is -0.373 e. The summed E-state index contributed by atoms with van der Waals surface area (Å²) in [5.41, 5.74) is 1.06. The molecule has 0 fully saturated rings. The Morgan fingerprint density at radius 3 is 2.59 bits per heavy atom. The van der Waals surface area contributed by atoms with Crippen LogP contribution in [0.5, 0.6) is 0 Å². The largest absolute Gasteiger partial charge is 0.373 e. The van der Waals surface area contributed by atoms with Crippen molar-refractivity contribution in [3.63, 3.8) is 0 Å². The van der Waals surface area contributed by atoms with Crippen molar-refractivity contribution >= 4 is 33.1 Å². The van der Waals surface area contributed by atoms with Crippen LogP contribution in [0.15, 0.2) is 22.0 Å². The fraction of sp³-hybridized carbons (Fsp3) is 0.333. The number of nitrogens with one attached hydrogen (secondary N) is 1. The van der Waals surface area contributed by atoms with E-state index >= 15 is 0 Å². The van der Waals surface area contributed by atoms with Crippen LogP contribution in [-0.4, -0.2) is 17.0 Å². The number of hydrogen-bond acceptors (Lipinski definition) is 4. The third-order valence-electron chi connectivity index (χ3n) is 2.38. The highest BCUT2D eigenvalue weighted by atomic mass is 79.9. The van der Waals surface area contributed by atoms with Crippen LogP contribution in [0, 0.1) is 0 Å². The zero-order valence-corrected chi connectivity index (χ0v) is 12.4. The smallest absolute Gasteiger partial charge is 0.171 e. The number of halogens is 1. The summed E-state index contributed by atoms with van der Waals surface area (Å²) in [7, 11) is 1.88. The van der Waals surface area contributed by atoms with E-state index in [1.807, 2.05) is 24.6 Å². The summed E-state index contributed by atoms with van der Waals surface area (Å²) >= 11 is 5.09. The zero-order chi connectivity index (χ0) is 12.4. The SMILES string of the molecule is CNc1cc(C(C)C)nc(-c2cc(Br)cs2)n1. The highest BCUT2D eigenvalue weighted by Crippen LogP contribution is 2.29. The van der Waals surface area contributed by atoms with Gasteiger partial charge < -0.3 is 5.32 Å². The predicted molar refractivity (Wildman–Crippen MR) is 76.7 cm³/mol. The lowest BCUT2D eigenvalue weighted by Crippen LogP contribution is -2.01. The number of rotatable bonds is 3. The van der Waals surface area contributed by atoms with Crippen LogP contribution in [0.1, 0.15) is 25.5 Å². The van der Waals surface area contributed by atoms with Gasteiger partial charge in [-0.2, -0.15) is 0 Å². The minimum absolute atomic E-state index is 0.396. The van der Waals surface area contributed by atoms with E-state index in [9.17, 15) is 0 Å². The Hall–Kier alpha value is -0.940. The van der Waals surface area contributed by atoms with Crippen molar-refractivity contribution in [1.29, 1.82) is 0 Å². The summed E-state index contributed by atoms with van der Waals surface area (Å²) in [5.74, 6) is 2.05. The topological polar surface area (TPSA) is 37.8 Å². The normalized spacial score (nSPS) is 10.9. The Morgan fingerprint density at radius 2 is 2.06 bits per heavy atom. The molecule has 2 aromatic heterocycles. The van der Waals surface area contributed by atoms with Gasteiger partial charge in [0.1, 0.15) is 5.82 Å². The van der Waals surface area contributed by atoms with Gasteiger partial charge in [-0.1, -0.05) is 13.8 Å². The first-order chi connectivity index (χ1) is 8.10. The molecule has 0 radical (unpaired) electrons. The Bertz CT molecular complexity index is 522. The maximum absolute atomic E-state index is 4.60. The molecule has 3 nitrogen and oxygen atoms in total. The van der Waals surface area contributed by atoms with Crippen molar-refractivity contribution in [2.75, 3.05) is 12.4 Å². The van der Waals surface area contributed by atoms with Crippen LogP contribution >= 0.6 is 27.3 Å². The first-order valence-electron chi connectivity index (χ1n) is 5.41. The van der Waals surface area contributed by atoms with Crippen LogP contribution < -0.4 is 5.32 Å². The molecular weight excluding hydrogens is 298 g/mol. The Balaban J connectivity index is 2.49. The molecule has 0 atom stereocenters. The third-order valence-corrected chi connectivity index (χ3v) is 4.07. The summed E-state index contributed by atoms with van der Waals surface area (Å²) in [5, 5.41) is 5.12. The standard InChI is InChI=1S/C12H14BrN3S/c1-7(2)9-5-11(14-3)16-12(15-9)10-4-8(13)6-17-10/h4-7H,1-3H3,(H,14,15,16). The van der Waals surface area contributed by atoms with Crippen LogP contribution in [-0.2, 0) is 0 Å². The number of thiophene rings is 1. The molecule has 2 aromatic rings. The van der Waals surface area contributed by atoms with Crippen LogP contribution in [0.25, 0.3) is 10.7 Å². The lowest BCUT2D eigenvalue weighted by Gasteiger charge is -2.08. The van der Waals surface area contributed by atoms with E-state index in [1.54, 1.807) is 11.3 Å². The molecule has 1 N–H and O–H groups in total. The van der Waals surface area contributed by atoms with Crippen molar-refractivity contribution < 1.29 is 0 Å². The molecule has 2 rings (SSSR count). The van der Waals surface area contributed by atoms with Crippen molar-refractivity contribution in [2.24, 2.45) is 0 Å². The second-order valence-corrected chi connectivity index (χ2v) is 5.86. The van der Waals surface area contributed by atoms with Gasteiger partial charge in [0.2, 0.25) is 0 Å². The molecule has 0 amide bonds. The van der Waals surface area contributed by atoms with Crippen molar-refractivity contribution in [3.8, 4) is 10.7 Å². The van der Waals surface area contributed by atoms with Gasteiger partial charge in [0, 0.05) is 28.7 Å². The molecule has 90 valence electrons. The molecule has 0 aliphatic carbocycles. The van der Waals surface area contributed by atoms with Gasteiger partial charge in [-0.05, 0) is 27.9 Å². The number of aromatic nitrogens is 2. The van der Waals surface area contributed by atoms with Crippen LogP contribution in [0.2, 0.25) is 0 Å². The summed E-state index contributed by atoms with van der Waals surface area (Å²) < 4.78 is 1.07. The second-order valence-electron chi connectivity index (χ2n) is 4.04. The van der Waals surface area contributed by atoms with Gasteiger partial charge in [0.05, 0.1) is 4.88 Å². The van der Waals surface area contributed by atoms with Gasteiger partial charge in [0.25, 0.3) is 0 Å². The maximum Gasteiger partial charge on any atom is 0.171 e. The van der Waals surface area contributed by atoms with E-state index in [-0.39, 0.29) is 0 Å². The predicted octanol–water partition coefficient (Wildman–Crippen LogP) is 4.13. The second kappa shape index (κ2) is 5.14. The van der Waals surface area contributed by atoms with E-state index in [0.717, 1.165) is 26.7 Å². The van der Waals surface area contributed by atoms with Gasteiger partial charge in [-0.25, -0.2) is 9.97 Å². The molecule has 0 aromatic carbocycles. The van der Waals surface area contributed by atoms with Crippen molar-refractivity contribution in [3.05, 3.63) is 27.7 Å². The number of hydrogen-bond donors (Lipinski definition) is 1. The van der Waals surface area contributed by atoms with Gasteiger partial charge in [-0.3, -0.25) is 0 Å². The summed E-state index contributed by atoms with van der Waals surface area (Å²) in [6.07, 6.45) is 0. The monoisotopic (exact) mass is 311 g/mol. The summed E-state index contributed by atoms with van der Waals surface area (Å²) in [6, 6.07) is 4.04. The average Bonchev–Trinajstić information content (AvgIpc) is 2.75. The lowest BCUT2D eigenvalue weighted by molar-refractivity contribution is 0.818. The average molecular weight is 312 g/mol. The highest BCUT2D eigenvalue weighted by Gasteiger charge is 2.10. The van der Waals surface area contributed by atoms with E-state index in [0.29, 0.717) is 5.92 Å². The quantitative estimate of drug-likeness (QED) is 0.926. The van der Waals surface area contributed by atoms with Gasteiger partial charge in [-0.15, -0.1) is 11.3 Å². The van der Waals surface area contributed by atoms with E-state index < -0.39 is 0 Å². The van der Waals surface area contributed by atoms with Crippen molar-refractivity contribution in [2.45, 2.75) is 19.8 Å². The molecule has 0 saturated carbocycles. The Kier molecular flexibility index (Phi) is 3.79. The Labute approximate surface area is 113 Å². The highest BCUT2D eigenvalue weighted by molar-refractivity contribution is 9.10. The van der Waals surface area contributed by atoms with Crippen LogP contribution in [0.3, 0.4) is 0 Å². The molecule has 2 heterocycles. The molecule has 17 heavy (non-hydrogen) atoms. The number of nitrogens with zero attached hydrogens (tertiary/aromatic N) is 2. The molecular formula is C12H14BrN3S. The summed E-state index contributed by atoms with van der Waals surface area (Å²) in [6.45, 7) is 4.27. The first kappa shape index (κ1) is 12.5. The van der Waals surface area contributed by atoms with Gasteiger partial charge in [0.15, 0.2) is 5.82 Å². The molecule has 0 unspecified atom stereocenters. The molecule has 5 heteroatoms. The first-order valence-corrected chi connectivity index (χ1v) is 7.08. The third kappa shape index (κ3) is 2.84. The lowest BCUT2D eigenvalue weighted by atomic mass is 10.1. The number of anilines is 1. The maximum atomic E-state index is 4.60. The van der Waals surface area contributed by atoms with E-state index in [4.69, 9.17) is 0 Å². The molecule has 0 aliphatic rings. The van der Waals surface area contributed by atoms with E-state index in [1.165, 1.54) is 0 Å². The van der Waals surface area contributed by atoms with Crippen LogP contribution in [0.4, 0.5) is 5.82 Å². The Morgan fingerprint density at radius 1 is 1.29 bits per heavy atom. The fourth-order valence-corrected chi connectivity index (χ4v) is 2.79. The summed E-state index contributed by atoms with van der Waals surface area (Å²) in [4.78, 5) is 10.2. The van der Waals surface area contributed by atoms with Crippen molar-refractivity contribution in [1.82, 2.24) is 9.97 Å². The van der Waals surface area contributed by atoms with Gasteiger partial charge >= 0.3 is 0 Å². The molecule has 0 aliphatic heterocycles. The molecule has 0 spiro atoms. The zero-order valence-electron chi connectivity index (χ0n) is 9.99. The minimum atomic E-state index is 0.396.